The van der Waals surface area contributed by atoms with Gasteiger partial charge in [0.15, 0.2) is 0 Å². The topological polar surface area (TPSA) is 12.0 Å². The molecular formula is C9H16F3NS. The Hall–Kier alpha value is 0.100. The van der Waals surface area contributed by atoms with Gasteiger partial charge in [-0.2, -0.15) is 13.2 Å². The van der Waals surface area contributed by atoms with Gasteiger partial charge in [0.25, 0.3) is 0 Å². The Morgan fingerprint density at radius 2 is 1.86 bits per heavy atom. The lowest BCUT2D eigenvalue weighted by atomic mass is 10.0. The number of halogens is 3. The largest absolute Gasteiger partial charge is 0.441 e. The van der Waals surface area contributed by atoms with Gasteiger partial charge in [0.2, 0.25) is 0 Å². The minimum Gasteiger partial charge on any atom is -0.311 e. The van der Waals surface area contributed by atoms with Crippen molar-refractivity contribution in [1.29, 1.82) is 0 Å². The monoisotopic (exact) mass is 227 g/mol. The van der Waals surface area contributed by atoms with Crippen LogP contribution in [0, 0.1) is 0 Å². The number of nitrogens with one attached hydrogen (secondary N) is 1. The van der Waals surface area contributed by atoms with Crippen LogP contribution in [0.15, 0.2) is 0 Å². The van der Waals surface area contributed by atoms with E-state index in [2.05, 4.69) is 12.2 Å². The molecule has 0 aromatic rings. The molecule has 0 saturated heterocycles. The standard InChI is InChI=1S/C9H16F3NS/c1-8(4-2-3-5-8)13-6-7-14-9(10,11)12/h13H,2-7H2,1H3. The summed E-state index contributed by atoms with van der Waals surface area (Å²) in [4.78, 5) is 0. The lowest BCUT2D eigenvalue weighted by Crippen LogP contribution is -2.40. The highest BCUT2D eigenvalue weighted by molar-refractivity contribution is 8.00. The van der Waals surface area contributed by atoms with E-state index in [1.165, 1.54) is 12.8 Å². The van der Waals surface area contributed by atoms with Crippen molar-refractivity contribution >= 4 is 11.8 Å². The van der Waals surface area contributed by atoms with Gasteiger partial charge in [-0.3, -0.25) is 0 Å². The van der Waals surface area contributed by atoms with Crippen LogP contribution < -0.4 is 5.32 Å². The molecule has 0 unspecified atom stereocenters. The third kappa shape index (κ3) is 4.55. The maximum atomic E-state index is 11.8. The minimum atomic E-state index is -4.09. The first-order valence-corrected chi connectivity index (χ1v) is 5.86. The van der Waals surface area contributed by atoms with Crippen LogP contribution in [0.2, 0.25) is 0 Å². The predicted octanol–water partition coefficient (Wildman–Crippen LogP) is 3.16. The predicted molar refractivity (Wildman–Crippen MR) is 53.4 cm³/mol. The van der Waals surface area contributed by atoms with Gasteiger partial charge in [-0.15, -0.1) is 0 Å². The second-order valence-electron chi connectivity index (χ2n) is 3.99. The normalized spacial score (nSPS) is 21.4. The van der Waals surface area contributed by atoms with Crippen molar-refractivity contribution in [3.63, 3.8) is 0 Å². The van der Waals surface area contributed by atoms with Crippen LogP contribution in [0.25, 0.3) is 0 Å². The van der Waals surface area contributed by atoms with E-state index in [4.69, 9.17) is 0 Å². The molecule has 1 fully saturated rings. The van der Waals surface area contributed by atoms with Crippen molar-refractivity contribution in [3.05, 3.63) is 0 Å². The van der Waals surface area contributed by atoms with E-state index in [9.17, 15) is 13.2 Å². The second kappa shape index (κ2) is 4.75. The number of rotatable bonds is 4. The average molecular weight is 227 g/mol. The number of hydrogen-bond acceptors (Lipinski definition) is 2. The summed E-state index contributed by atoms with van der Waals surface area (Å²) in [5.41, 5.74) is -4.00. The van der Waals surface area contributed by atoms with Gasteiger partial charge >= 0.3 is 5.51 Å². The van der Waals surface area contributed by atoms with Crippen LogP contribution >= 0.6 is 11.8 Å². The highest BCUT2D eigenvalue weighted by Crippen LogP contribution is 2.31. The first-order valence-electron chi connectivity index (χ1n) is 4.87. The first-order chi connectivity index (χ1) is 6.41. The van der Waals surface area contributed by atoms with Gasteiger partial charge in [0.05, 0.1) is 0 Å². The Morgan fingerprint density at radius 3 is 2.36 bits per heavy atom. The van der Waals surface area contributed by atoms with E-state index >= 15 is 0 Å². The molecule has 0 atom stereocenters. The molecular weight excluding hydrogens is 211 g/mol. The Balaban J connectivity index is 2.09. The summed E-state index contributed by atoms with van der Waals surface area (Å²) in [5.74, 6) is 0.110. The Morgan fingerprint density at radius 1 is 1.29 bits per heavy atom. The summed E-state index contributed by atoms with van der Waals surface area (Å²) in [6, 6.07) is 0. The zero-order chi connectivity index (χ0) is 10.7. The molecule has 0 heterocycles. The molecule has 1 saturated carbocycles. The highest BCUT2D eigenvalue weighted by Gasteiger charge is 2.30. The molecule has 0 aliphatic heterocycles. The van der Waals surface area contributed by atoms with Gasteiger partial charge in [0, 0.05) is 17.8 Å². The lowest BCUT2D eigenvalue weighted by Gasteiger charge is -2.25. The molecule has 84 valence electrons. The molecule has 14 heavy (non-hydrogen) atoms. The molecule has 0 aromatic carbocycles. The summed E-state index contributed by atoms with van der Waals surface area (Å²) < 4.78 is 35.4. The van der Waals surface area contributed by atoms with Crippen molar-refractivity contribution in [1.82, 2.24) is 5.32 Å². The highest BCUT2D eigenvalue weighted by atomic mass is 32.2. The number of thioether (sulfide) groups is 1. The molecule has 0 spiro atoms. The van der Waals surface area contributed by atoms with Crippen LogP contribution in [0.3, 0.4) is 0 Å². The summed E-state index contributed by atoms with van der Waals surface area (Å²) in [6.45, 7) is 2.54. The van der Waals surface area contributed by atoms with E-state index in [1.807, 2.05) is 0 Å². The third-order valence-corrected chi connectivity index (χ3v) is 3.36. The van der Waals surface area contributed by atoms with Gasteiger partial charge < -0.3 is 5.32 Å². The van der Waals surface area contributed by atoms with E-state index in [0.717, 1.165) is 12.8 Å². The summed E-state index contributed by atoms with van der Waals surface area (Å²) in [5, 5.41) is 3.21. The fraction of sp³-hybridized carbons (Fsp3) is 1.00. The average Bonchev–Trinajstić information content (AvgIpc) is 2.45. The van der Waals surface area contributed by atoms with E-state index in [0.29, 0.717) is 6.54 Å². The van der Waals surface area contributed by atoms with Crippen molar-refractivity contribution in [2.75, 3.05) is 12.3 Å². The maximum absolute atomic E-state index is 11.8. The van der Waals surface area contributed by atoms with Crippen LogP contribution in [0.5, 0.6) is 0 Å². The molecule has 0 amide bonds. The zero-order valence-corrected chi connectivity index (χ0v) is 9.10. The molecule has 0 radical (unpaired) electrons. The Bertz CT molecular complexity index is 175. The van der Waals surface area contributed by atoms with Crippen LogP contribution in [0.4, 0.5) is 13.2 Å². The number of hydrogen-bond donors (Lipinski definition) is 1. The van der Waals surface area contributed by atoms with Crippen molar-refractivity contribution in [2.24, 2.45) is 0 Å². The van der Waals surface area contributed by atoms with Crippen LogP contribution in [-0.2, 0) is 0 Å². The van der Waals surface area contributed by atoms with Gasteiger partial charge in [-0.1, -0.05) is 12.8 Å². The van der Waals surface area contributed by atoms with E-state index in [-0.39, 0.29) is 23.1 Å². The minimum absolute atomic E-state index is 0.0531. The van der Waals surface area contributed by atoms with E-state index < -0.39 is 5.51 Å². The molecule has 0 aromatic heterocycles. The second-order valence-corrected chi connectivity index (χ2v) is 5.15. The summed E-state index contributed by atoms with van der Waals surface area (Å²) in [6.07, 6.45) is 4.55. The van der Waals surface area contributed by atoms with Gasteiger partial charge in [-0.05, 0) is 31.5 Å². The fourth-order valence-electron chi connectivity index (χ4n) is 1.85. The Labute approximate surface area is 86.8 Å². The lowest BCUT2D eigenvalue weighted by molar-refractivity contribution is -0.0327. The van der Waals surface area contributed by atoms with Crippen LogP contribution in [0.1, 0.15) is 32.6 Å². The molecule has 1 rings (SSSR count). The smallest absolute Gasteiger partial charge is 0.311 e. The fourth-order valence-corrected chi connectivity index (χ4v) is 2.29. The SMILES string of the molecule is CC1(NCCSC(F)(F)F)CCCC1. The summed E-state index contributed by atoms with van der Waals surface area (Å²) in [7, 11) is 0. The molecule has 0 bridgehead atoms. The number of alkyl halides is 3. The maximum Gasteiger partial charge on any atom is 0.441 e. The molecule has 5 heteroatoms. The quantitative estimate of drug-likeness (QED) is 0.740. The van der Waals surface area contributed by atoms with Crippen molar-refractivity contribution in [2.45, 2.75) is 43.7 Å². The van der Waals surface area contributed by atoms with Gasteiger partial charge in [0.1, 0.15) is 0 Å². The zero-order valence-electron chi connectivity index (χ0n) is 8.28. The van der Waals surface area contributed by atoms with Crippen molar-refractivity contribution < 1.29 is 13.2 Å². The molecule has 1 aliphatic carbocycles. The molecule has 1 aliphatic rings. The molecule has 1 N–H and O–H groups in total. The third-order valence-electron chi connectivity index (χ3n) is 2.63. The van der Waals surface area contributed by atoms with E-state index in [1.54, 1.807) is 0 Å². The summed E-state index contributed by atoms with van der Waals surface area (Å²) >= 11 is 0.0531. The van der Waals surface area contributed by atoms with Crippen LogP contribution in [-0.4, -0.2) is 23.3 Å². The molecule has 1 nitrogen and oxygen atoms in total. The van der Waals surface area contributed by atoms with Gasteiger partial charge in [-0.25, -0.2) is 0 Å². The first kappa shape index (κ1) is 12.2. The Kier molecular flexibility index (Phi) is 4.13. The van der Waals surface area contributed by atoms with Crippen molar-refractivity contribution in [3.8, 4) is 0 Å².